The fourth-order valence-electron chi connectivity index (χ4n) is 2.69. The van der Waals surface area contributed by atoms with Gasteiger partial charge in [0.15, 0.2) is 5.16 Å². The molecule has 0 bridgehead atoms. The van der Waals surface area contributed by atoms with Crippen LogP contribution in [-0.2, 0) is 9.59 Å². The van der Waals surface area contributed by atoms with Crippen molar-refractivity contribution < 1.29 is 9.59 Å². The molecule has 0 aliphatic rings. The molecule has 0 aliphatic carbocycles. The first-order valence-electron chi connectivity index (χ1n) is 9.12. The van der Waals surface area contributed by atoms with Gasteiger partial charge in [0.2, 0.25) is 11.8 Å². The Morgan fingerprint density at radius 1 is 1.30 bits per heavy atom. The van der Waals surface area contributed by atoms with Crippen molar-refractivity contribution in [1.82, 2.24) is 19.8 Å². The van der Waals surface area contributed by atoms with Crippen LogP contribution in [0.1, 0.15) is 31.9 Å². The summed E-state index contributed by atoms with van der Waals surface area (Å²) in [7, 11) is 0. The second-order valence-corrected chi connectivity index (χ2v) is 7.73. The van der Waals surface area contributed by atoms with E-state index in [2.05, 4.69) is 42.3 Å². The summed E-state index contributed by atoms with van der Waals surface area (Å²) < 4.78 is 2.00. The molecule has 27 heavy (non-hydrogen) atoms. The quantitative estimate of drug-likeness (QED) is 0.706. The number of hydrogen-bond donors (Lipinski definition) is 1. The Labute approximate surface area is 165 Å². The van der Waals surface area contributed by atoms with Crippen LogP contribution in [0.25, 0.3) is 5.69 Å². The average Bonchev–Trinajstić information content (AvgIpc) is 3.07. The van der Waals surface area contributed by atoms with Gasteiger partial charge in [0.05, 0.1) is 18.0 Å². The van der Waals surface area contributed by atoms with E-state index in [0.29, 0.717) is 6.54 Å². The molecule has 6 nitrogen and oxygen atoms in total. The first kappa shape index (κ1) is 21.0. The molecule has 146 valence electrons. The molecule has 0 atom stereocenters. The number of carbonyl (C=O) groups is 2. The smallest absolute Gasteiger partial charge is 0.239 e. The maximum atomic E-state index is 12.5. The first-order chi connectivity index (χ1) is 12.8. The van der Waals surface area contributed by atoms with E-state index in [1.54, 1.807) is 11.1 Å². The maximum absolute atomic E-state index is 12.5. The van der Waals surface area contributed by atoms with Crippen molar-refractivity contribution in [2.75, 3.05) is 18.8 Å². The number of aryl methyl sites for hydroxylation is 2. The number of benzene rings is 1. The molecule has 0 aliphatic heterocycles. The highest BCUT2D eigenvalue weighted by atomic mass is 32.2. The Morgan fingerprint density at radius 3 is 2.70 bits per heavy atom. The minimum absolute atomic E-state index is 0.0609. The molecule has 2 rings (SSSR count). The Morgan fingerprint density at radius 2 is 2.04 bits per heavy atom. The van der Waals surface area contributed by atoms with Gasteiger partial charge in [0.1, 0.15) is 0 Å². The Hall–Kier alpha value is -2.28. The molecule has 0 radical (unpaired) electrons. The number of thioether (sulfide) groups is 1. The monoisotopic (exact) mass is 388 g/mol. The van der Waals surface area contributed by atoms with Crippen LogP contribution in [0.3, 0.4) is 0 Å². The lowest BCUT2D eigenvalue weighted by molar-refractivity contribution is -0.134. The van der Waals surface area contributed by atoms with Crippen molar-refractivity contribution in [3.05, 3.63) is 41.7 Å². The highest BCUT2D eigenvalue weighted by Gasteiger charge is 2.18. The van der Waals surface area contributed by atoms with Crippen LogP contribution in [0.4, 0.5) is 0 Å². The first-order valence-corrected chi connectivity index (χ1v) is 10.1. The van der Waals surface area contributed by atoms with Crippen molar-refractivity contribution in [2.45, 2.75) is 45.8 Å². The van der Waals surface area contributed by atoms with Gasteiger partial charge in [0, 0.05) is 25.0 Å². The number of hydrogen-bond acceptors (Lipinski definition) is 4. The molecule has 1 heterocycles. The number of amides is 2. The third-order valence-electron chi connectivity index (χ3n) is 4.07. The highest BCUT2D eigenvalue weighted by molar-refractivity contribution is 7.99. The molecule has 0 fully saturated rings. The van der Waals surface area contributed by atoms with E-state index < -0.39 is 0 Å². The van der Waals surface area contributed by atoms with Gasteiger partial charge in [-0.05, 0) is 51.8 Å². The fourth-order valence-corrected chi connectivity index (χ4v) is 3.56. The number of likely N-dealkylation sites (N-methyl/N-ethyl adjacent to an activating group) is 1. The second kappa shape index (κ2) is 9.60. The maximum Gasteiger partial charge on any atom is 0.239 e. The molecule has 1 aromatic heterocycles. The molecule has 7 heteroatoms. The third kappa shape index (κ3) is 5.85. The van der Waals surface area contributed by atoms with Gasteiger partial charge in [-0.25, -0.2) is 4.98 Å². The van der Waals surface area contributed by atoms with E-state index in [4.69, 9.17) is 0 Å². The zero-order valence-corrected chi connectivity index (χ0v) is 17.5. The van der Waals surface area contributed by atoms with Gasteiger partial charge in [-0.15, -0.1) is 0 Å². The number of nitrogens with zero attached hydrogens (tertiary/aromatic N) is 3. The summed E-state index contributed by atoms with van der Waals surface area (Å²) in [5, 5.41) is 3.58. The zero-order chi connectivity index (χ0) is 20.0. The van der Waals surface area contributed by atoms with Crippen molar-refractivity contribution in [1.29, 1.82) is 0 Å². The number of aromatic nitrogens is 2. The van der Waals surface area contributed by atoms with Crippen molar-refractivity contribution in [2.24, 2.45) is 0 Å². The molecule has 0 unspecified atom stereocenters. The van der Waals surface area contributed by atoms with Gasteiger partial charge in [-0.3, -0.25) is 14.2 Å². The van der Waals surface area contributed by atoms with Crippen molar-refractivity contribution in [3.8, 4) is 5.69 Å². The Bertz CT molecular complexity index is 801. The summed E-state index contributed by atoms with van der Waals surface area (Å²) in [6, 6.07) is 6.33. The molecular weight excluding hydrogens is 360 g/mol. The summed E-state index contributed by atoms with van der Waals surface area (Å²) >= 11 is 1.38. The average molecular weight is 389 g/mol. The van der Waals surface area contributed by atoms with Gasteiger partial charge in [0.25, 0.3) is 0 Å². The van der Waals surface area contributed by atoms with E-state index in [-0.39, 0.29) is 30.2 Å². The SMILES string of the molecule is CCN(CC(=O)NC(C)C)C(=O)CSc1nccn1-c1cc(C)ccc1C. The summed E-state index contributed by atoms with van der Waals surface area (Å²) in [6.07, 6.45) is 3.64. The predicted molar refractivity (Wildman–Crippen MR) is 109 cm³/mol. The molecule has 1 N–H and O–H groups in total. The van der Waals surface area contributed by atoms with Gasteiger partial charge in [-0.2, -0.15) is 0 Å². The largest absolute Gasteiger partial charge is 0.352 e. The van der Waals surface area contributed by atoms with Crippen LogP contribution < -0.4 is 5.32 Å². The number of nitrogens with one attached hydrogen (secondary N) is 1. The number of rotatable bonds is 8. The van der Waals surface area contributed by atoms with Gasteiger partial charge in [-0.1, -0.05) is 23.9 Å². The predicted octanol–water partition coefficient (Wildman–Crippen LogP) is 2.95. The zero-order valence-electron chi connectivity index (χ0n) is 16.7. The molecule has 0 spiro atoms. The summed E-state index contributed by atoms with van der Waals surface area (Å²) in [5.41, 5.74) is 3.38. The van der Waals surface area contributed by atoms with Crippen LogP contribution >= 0.6 is 11.8 Å². The van der Waals surface area contributed by atoms with E-state index in [1.807, 2.05) is 31.5 Å². The molecule has 1 aromatic carbocycles. The number of imidazole rings is 1. The molecule has 0 saturated carbocycles. The normalized spacial score (nSPS) is 10.9. The van der Waals surface area contributed by atoms with Gasteiger partial charge < -0.3 is 10.2 Å². The minimum atomic E-state index is -0.137. The summed E-state index contributed by atoms with van der Waals surface area (Å²) in [4.78, 5) is 30.5. The Balaban J connectivity index is 2.04. The third-order valence-corrected chi connectivity index (χ3v) is 5.03. The van der Waals surface area contributed by atoms with E-state index in [0.717, 1.165) is 16.4 Å². The number of carbonyl (C=O) groups excluding carboxylic acids is 2. The lowest BCUT2D eigenvalue weighted by atomic mass is 10.1. The standard InChI is InChI=1S/C20H28N4O2S/c1-6-23(12-18(25)22-14(2)3)19(26)13-27-20-21-9-10-24(20)17-11-15(4)7-8-16(17)5/h7-11,14H,6,12-13H2,1-5H3,(H,22,25). The van der Waals surface area contributed by atoms with Crippen molar-refractivity contribution >= 4 is 23.6 Å². The van der Waals surface area contributed by atoms with Crippen LogP contribution in [0.2, 0.25) is 0 Å². The van der Waals surface area contributed by atoms with Crippen LogP contribution in [0.5, 0.6) is 0 Å². The lowest BCUT2D eigenvalue weighted by Gasteiger charge is -2.21. The fraction of sp³-hybridized carbons (Fsp3) is 0.450. The highest BCUT2D eigenvalue weighted by Crippen LogP contribution is 2.23. The molecule has 2 amide bonds. The summed E-state index contributed by atoms with van der Waals surface area (Å²) in [5.74, 6) is 0.0315. The topological polar surface area (TPSA) is 67.2 Å². The van der Waals surface area contributed by atoms with E-state index in [1.165, 1.54) is 17.3 Å². The molecule has 2 aromatic rings. The minimum Gasteiger partial charge on any atom is -0.352 e. The van der Waals surface area contributed by atoms with Crippen molar-refractivity contribution in [3.63, 3.8) is 0 Å². The van der Waals surface area contributed by atoms with Gasteiger partial charge >= 0.3 is 0 Å². The summed E-state index contributed by atoms with van der Waals surface area (Å²) in [6.45, 7) is 10.4. The Kier molecular flexibility index (Phi) is 7.47. The molecule has 0 saturated heterocycles. The molecular formula is C20H28N4O2S. The van der Waals surface area contributed by atoms with Crippen LogP contribution in [0, 0.1) is 13.8 Å². The lowest BCUT2D eigenvalue weighted by Crippen LogP contribution is -2.43. The van der Waals surface area contributed by atoms with E-state index in [9.17, 15) is 9.59 Å². The second-order valence-electron chi connectivity index (χ2n) is 6.79. The van der Waals surface area contributed by atoms with E-state index >= 15 is 0 Å². The van der Waals surface area contributed by atoms with Crippen LogP contribution in [0.15, 0.2) is 35.7 Å². The van der Waals surface area contributed by atoms with Crippen LogP contribution in [-0.4, -0.2) is 51.1 Å².